The second-order valence-corrected chi connectivity index (χ2v) is 8.71. The molecule has 0 radical (unpaired) electrons. The first kappa shape index (κ1) is 23.0. The number of nitrogens with one attached hydrogen (secondary N) is 3. The van der Waals surface area contributed by atoms with E-state index in [0.717, 1.165) is 39.0 Å². The molecule has 1 saturated heterocycles. The van der Waals surface area contributed by atoms with Gasteiger partial charge < -0.3 is 15.4 Å². The number of nitro benzene ring substituents is 1. The van der Waals surface area contributed by atoms with Crippen molar-refractivity contribution in [1.82, 2.24) is 15.4 Å². The number of hydrogen-bond donors (Lipinski definition) is 3. The van der Waals surface area contributed by atoms with Crippen LogP contribution in [-0.4, -0.2) is 58.3 Å². The van der Waals surface area contributed by atoms with E-state index in [4.69, 9.17) is 4.74 Å². The zero-order chi connectivity index (χ0) is 19.3. The Hall–Kier alpha value is -1.30. The first-order valence-corrected chi connectivity index (χ1v) is 10.7. The smallest absolute Gasteiger partial charge is 0.269 e. The number of benzene rings is 1. The SMILES string of the molecule is Cl.O=[N+]([O-])c1ccc(S(=O)(=O)NCCNC2CCCC2C2COCCN2)cc1. The summed E-state index contributed by atoms with van der Waals surface area (Å²) in [5, 5.41) is 17.6. The van der Waals surface area contributed by atoms with Gasteiger partial charge in [0, 0.05) is 43.9 Å². The maximum absolute atomic E-state index is 12.3. The highest BCUT2D eigenvalue weighted by Gasteiger charge is 2.34. The first-order valence-electron chi connectivity index (χ1n) is 9.26. The van der Waals surface area contributed by atoms with Gasteiger partial charge in [0.05, 0.1) is 23.0 Å². The summed E-state index contributed by atoms with van der Waals surface area (Å²) in [7, 11) is -3.68. The van der Waals surface area contributed by atoms with Crippen molar-refractivity contribution in [1.29, 1.82) is 0 Å². The molecule has 3 N–H and O–H groups in total. The van der Waals surface area contributed by atoms with Gasteiger partial charge in [-0.3, -0.25) is 10.1 Å². The monoisotopic (exact) mass is 434 g/mol. The number of non-ortho nitro benzene ring substituents is 1. The molecule has 3 unspecified atom stereocenters. The van der Waals surface area contributed by atoms with E-state index in [1.807, 2.05) is 0 Å². The lowest BCUT2D eigenvalue weighted by Crippen LogP contribution is -2.51. The van der Waals surface area contributed by atoms with Gasteiger partial charge in [-0.1, -0.05) is 6.42 Å². The number of morpholine rings is 1. The zero-order valence-corrected chi connectivity index (χ0v) is 17.1. The number of nitrogens with zero attached hydrogens (tertiary/aromatic N) is 1. The number of nitro groups is 1. The maximum Gasteiger partial charge on any atom is 0.269 e. The van der Waals surface area contributed by atoms with Crippen molar-refractivity contribution < 1.29 is 18.1 Å². The van der Waals surface area contributed by atoms with Crippen LogP contribution in [0.25, 0.3) is 0 Å². The first-order chi connectivity index (χ1) is 13.0. The minimum Gasteiger partial charge on any atom is -0.379 e. The van der Waals surface area contributed by atoms with E-state index in [1.54, 1.807) is 0 Å². The fraction of sp³-hybridized carbons (Fsp3) is 0.647. The Bertz CT molecular complexity index is 740. The summed E-state index contributed by atoms with van der Waals surface area (Å²) in [6, 6.07) is 5.58. The van der Waals surface area contributed by atoms with Crippen molar-refractivity contribution in [2.75, 3.05) is 32.8 Å². The van der Waals surface area contributed by atoms with Gasteiger partial charge in [-0.15, -0.1) is 12.4 Å². The Morgan fingerprint density at radius 1 is 1.21 bits per heavy atom. The second-order valence-electron chi connectivity index (χ2n) is 6.94. The number of sulfonamides is 1. The fourth-order valence-electron chi connectivity index (χ4n) is 3.86. The molecule has 0 aromatic heterocycles. The molecule has 11 heteroatoms. The van der Waals surface area contributed by atoms with Gasteiger partial charge in [0.2, 0.25) is 10.0 Å². The summed E-state index contributed by atoms with van der Waals surface area (Å²) in [5.74, 6) is 0.497. The molecule has 3 rings (SSSR count). The molecule has 9 nitrogen and oxygen atoms in total. The van der Waals surface area contributed by atoms with Gasteiger partial charge in [-0.05, 0) is 30.9 Å². The van der Waals surface area contributed by atoms with Crippen LogP contribution in [0.4, 0.5) is 5.69 Å². The predicted octanol–water partition coefficient (Wildman–Crippen LogP) is 1.04. The molecule has 28 heavy (non-hydrogen) atoms. The third-order valence-corrected chi connectivity index (χ3v) is 6.69. The Kier molecular flexibility index (Phi) is 8.59. The summed E-state index contributed by atoms with van der Waals surface area (Å²) in [5.41, 5.74) is -0.136. The van der Waals surface area contributed by atoms with Gasteiger partial charge in [0.15, 0.2) is 0 Å². The van der Waals surface area contributed by atoms with Crippen LogP contribution in [0.3, 0.4) is 0 Å². The molecule has 2 aliphatic rings. The van der Waals surface area contributed by atoms with E-state index in [0.29, 0.717) is 24.5 Å². The number of ether oxygens (including phenoxy) is 1. The summed E-state index contributed by atoms with van der Waals surface area (Å²) in [4.78, 5) is 10.1. The standard InChI is InChI=1S/C17H26N4O5S.ClH/c22-21(23)13-4-6-14(7-5-13)27(24,25)20-9-8-18-16-3-1-2-15(16)17-12-26-11-10-19-17;/h4-7,15-20H,1-3,8-12H2;1H. The van der Waals surface area contributed by atoms with Crippen LogP contribution in [-0.2, 0) is 14.8 Å². The lowest BCUT2D eigenvalue weighted by molar-refractivity contribution is -0.384. The van der Waals surface area contributed by atoms with Crippen molar-refractivity contribution in [2.45, 2.75) is 36.2 Å². The van der Waals surface area contributed by atoms with Crippen LogP contribution in [0.2, 0.25) is 0 Å². The average Bonchev–Trinajstić information content (AvgIpc) is 3.14. The molecule has 1 aliphatic heterocycles. The Balaban J connectivity index is 0.00000280. The number of hydrogen-bond acceptors (Lipinski definition) is 7. The van der Waals surface area contributed by atoms with E-state index in [-0.39, 0.29) is 29.5 Å². The van der Waals surface area contributed by atoms with Gasteiger partial charge in [-0.25, -0.2) is 13.1 Å². The van der Waals surface area contributed by atoms with E-state index >= 15 is 0 Å². The molecule has 158 valence electrons. The molecule has 2 fully saturated rings. The number of rotatable bonds is 8. The van der Waals surface area contributed by atoms with Gasteiger partial charge in [-0.2, -0.15) is 0 Å². The summed E-state index contributed by atoms with van der Waals surface area (Å²) in [6.45, 7) is 3.16. The van der Waals surface area contributed by atoms with Gasteiger partial charge >= 0.3 is 0 Å². The summed E-state index contributed by atoms with van der Waals surface area (Å²) >= 11 is 0. The van der Waals surface area contributed by atoms with Crippen molar-refractivity contribution in [3.05, 3.63) is 34.4 Å². The minimum absolute atomic E-state index is 0. The Morgan fingerprint density at radius 3 is 2.61 bits per heavy atom. The van der Waals surface area contributed by atoms with E-state index in [2.05, 4.69) is 15.4 Å². The fourth-order valence-corrected chi connectivity index (χ4v) is 4.89. The van der Waals surface area contributed by atoms with Crippen molar-refractivity contribution in [2.24, 2.45) is 5.92 Å². The lowest BCUT2D eigenvalue weighted by atomic mass is 9.94. The molecule has 1 aromatic carbocycles. The highest BCUT2D eigenvalue weighted by atomic mass is 35.5. The van der Waals surface area contributed by atoms with E-state index in [1.165, 1.54) is 24.3 Å². The number of halogens is 1. The van der Waals surface area contributed by atoms with Crippen LogP contribution < -0.4 is 15.4 Å². The second kappa shape index (κ2) is 10.5. The molecule has 1 aliphatic carbocycles. The summed E-state index contributed by atoms with van der Waals surface area (Å²) in [6.07, 6.45) is 3.39. The lowest BCUT2D eigenvalue weighted by Gasteiger charge is -2.33. The maximum atomic E-state index is 12.3. The van der Waals surface area contributed by atoms with Crippen LogP contribution in [0.1, 0.15) is 19.3 Å². The third kappa shape index (κ3) is 5.85. The molecule has 1 saturated carbocycles. The molecule has 0 bridgehead atoms. The van der Waals surface area contributed by atoms with Crippen LogP contribution in [0.15, 0.2) is 29.2 Å². The normalized spacial score (nSPS) is 25.2. The molecule has 1 aromatic rings. The minimum atomic E-state index is -3.68. The van der Waals surface area contributed by atoms with Crippen LogP contribution in [0, 0.1) is 16.0 Å². The highest BCUT2D eigenvalue weighted by Crippen LogP contribution is 2.29. The Morgan fingerprint density at radius 2 is 1.96 bits per heavy atom. The molecular weight excluding hydrogens is 408 g/mol. The van der Waals surface area contributed by atoms with Crippen molar-refractivity contribution in [3.8, 4) is 0 Å². The third-order valence-electron chi connectivity index (χ3n) is 5.22. The van der Waals surface area contributed by atoms with Crippen LogP contribution in [0.5, 0.6) is 0 Å². The summed E-state index contributed by atoms with van der Waals surface area (Å²) < 4.78 is 32.7. The van der Waals surface area contributed by atoms with Crippen LogP contribution >= 0.6 is 12.4 Å². The zero-order valence-electron chi connectivity index (χ0n) is 15.5. The molecule has 1 heterocycles. The molecule has 3 atom stereocenters. The van der Waals surface area contributed by atoms with E-state index < -0.39 is 14.9 Å². The van der Waals surface area contributed by atoms with Crippen molar-refractivity contribution >= 4 is 28.1 Å². The Labute approximate surface area is 171 Å². The largest absolute Gasteiger partial charge is 0.379 e. The van der Waals surface area contributed by atoms with Gasteiger partial charge in [0.25, 0.3) is 5.69 Å². The molecule has 0 amide bonds. The average molecular weight is 435 g/mol. The highest BCUT2D eigenvalue weighted by molar-refractivity contribution is 7.89. The molecular formula is C17H27ClN4O5S. The van der Waals surface area contributed by atoms with Gasteiger partial charge in [0.1, 0.15) is 0 Å². The predicted molar refractivity (Wildman–Crippen MR) is 107 cm³/mol. The quantitative estimate of drug-likeness (QED) is 0.317. The van der Waals surface area contributed by atoms with Crippen molar-refractivity contribution in [3.63, 3.8) is 0 Å². The van der Waals surface area contributed by atoms with E-state index in [9.17, 15) is 18.5 Å². The molecule has 0 spiro atoms. The topological polar surface area (TPSA) is 123 Å².